The molecule has 4 heteroatoms. The van der Waals surface area contributed by atoms with Crippen molar-refractivity contribution in [1.82, 2.24) is 4.98 Å². The number of ether oxygens (including phenoxy) is 1. The molecular formula is C10H8FNO2. The van der Waals surface area contributed by atoms with Crippen LogP contribution in [0.3, 0.4) is 0 Å². The molecule has 0 aliphatic carbocycles. The second-order valence-corrected chi connectivity index (χ2v) is 2.71. The van der Waals surface area contributed by atoms with Gasteiger partial charge in [0.2, 0.25) is 0 Å². The highest BCUT2D eigenvalue weighted by molar-refractivity contribution is 5.18. The van der Waals surface area contributed by atoms with Crippen LogP contribution in [-0.2, 0) is 6.61 Å². The number of aromatic nitrogens is 1. The van der Waals surface area contributed by atoms with E-state index in [0.29, 0.717) is 0 Å². The molecule has 0 fully saturated rings. The summed E-state index contributed by atoms with van der Waals surface area (Å²) in [5.41, 5.74) is 0.855. The Hall–Kier alpha value is -1.84. The minimum atomic E-state index is -0.601. The van der Waals surface area contributed by atoms with Gasteiger partial charge in [-0.25, -0.2) is 4.98 Å². The molecule has 72 valence electrons. The third-order valence-electron chi connectivity index (χ3n) is 1.70. The van der Waals surface area contributed by atoms with E-state index in [1.807, 2.05) is 0 Å². The molecule has 14 heavy (non-hydrogen) atoms. The topological polar surface area (TPSA) is 35.3 Å². The fourth-order valence-electron chi connectivity index (χ4n) is 1.01. The van der Waals surface area contributed by atoms with Gasteiger partial charge in [0.15, 0.2) is 5.75 Å². The van der Waals surface area contributed by atoms with Gasteiger partial charge in [-0.15, -0.1) is 0 Å². The Morgan fingerprint density at radius 1 is 1.43 bits per heavy atom. The van der Waals surface area contributed by atoms with Crippen molar-refractivity contribution in [3.05, 3.63) is 48.4 Å². The summed E-state index contributed by atoms with van der Waals surface area (Å²) < 4.78 is 23.0. The molecule has 0 aliphatic heterocycles. The van der Waals surface area contributed by atoms with E-state index in [-0.39, 0.29) is 12.4 Å². The van der Waals surface area contributed by atoms with Crippen LogP contribution in [-0.4, -0.2) is 4.98 Å². The van der Waals surface area contributed by atoms with Crippen molar-refractivity contribution in [3.8, 4) is 5.75 Å². The standard InChI is InChI=1S/C10H8FNO2/c11-10-9(2-1-4-12-10)14-7-8-3-5-13-6-8/h1-6H,7H2. The zero-order valence-electron chi connectivity index (χ0n) is 7.31. The van der Waals surface area contributed by atoms with Crippen LogP contribution in [0.2, 0.25) is 0 Å². The second kappa shape index (κ2) is 3.91. The average Bonchev–Trinajstić information content (AvgIpc) is 2.69. The fraction of sp³-hybridized carbons (Fsp3) is 0.100. The second-order valence-electron chi connectivity index (χ2n) is 2.71. The molecule has 0 aliphatic rings. The Labute approximate surface area is 80.1 Å². The molecule has 0 saturated heterocycles. The van der Waals surface area contributed by atoms with Gasteiger partial charge in [-0.3, -0.25) is 0 Å². The molecule has 0 radical (unpaired) electrons. The molecule has 2 rings (SSSR count). The molecule has 0 atom stereocenters. The summed E-state index contributed by atoms with van der Waals surface area (Å²) in [6.07, 6.45) is 4.46. The predicted molar refractivity (Wildman–Crippen MR) is 47.2 cm³/mol. The third kappa shape index (κ3) is 1.90. The van der Waals surface area contributed by atoms with Crippen molar-refractivity contribution < 1.29 is 13.5 Å². The van der Waals surface area contributed by atoms with Gasteiger partial charge in [0, 0.05) is 11.8 Å². The maximum Gasteiger partial charge on any atom is 0.255 e. The molecule has 0 spiro atoms. The van der Waals surface area contributed by atoms with Crippen LogP contribution in [0.25, 0.3) is 0 Å². The van der Waals surface area contributed by atoms with Gasteiger partial charge in [0.1, 0.15) is 6.61 Å². The molecular weight excluding hydrogens is 185 g/mol. The van der Waals surface area contributed by atoms with Crippen LogP contribution in [0.4, 0.5) is 4.39 Å². The minimum Gasteiger partial charge on any atom is -0.484 e. The van der Waals surface area contributed by atoms with Gasteiger partial charge >= 0.3 is 0 Å². The van der Waals surface area contributed by atoms with Crippen molar-refractivity contribution >= 4 is 0 Å². The molecule has 0 unspecified atom stereocenters. The average molecular weight is 193 g/mol. The number of rotatable bonds is 3. The van der Waals surface area contributed by atoms with Gasteiger partial charge < -0.3 is 9.15 Å². The summed E-state index contributed by atoms with van der Waals surface area (Å²) in [5, 5.41) is 0. The molecule has 0 saturated carbocycles. The first-order chi connectivity index (χ1) is 6.86. The van der Waals surface area contributed by atoms with Crippen molar-refractivity contribution in [2.75, 3.05) is 0 Å². The van der Waals surface area contributed by atoms with Crippen molar-refractivity contribution in [2.24, 2.45) is 0 Å². The lowest BCUT2D eigenvalue weighted by Crippen LogP contribution is -1.96. The lowest BCUT2D eigenvalue weighted by molar-refractivity contribution is 0.285. The van der Waals surface area contributed by atoms with Gasteiger partial charge in [0.25, 0.3) is 5.95 Å². The van der Waals surface area contributed by atoms with Crippen LogP contribution >= 0.6 is 0 Å². The normalized spacial score (nSPS) is 10.1. The monoisotopic (exact) mass is 193 g/mol. The number of hydrogen-bond acceptors (Lipinski definition) is 3. The van der Waals surface area contributed by atoms with Crippen molar-refractivity contribution in [2.45, 2.75) is 6.61 Å². The first kappa shape index (κ1) is 8.74. The van der Waals surface area contributed by atoms with Gasteiger partial charge in [-0.05, 0) is 18.2 Å². The summed E-state index contributed by atoms with van der Waals surface area (Å²) in [4.78, 5) is 3.46. The third-order valence-corrected chi connectivity index (χ3v) is 1.70. The maximum absolute atomic E-state index is 13.0. The van der Waals surface area contributed by atoms with Gasteiger partial charge in [-0.1, -0.05) is 0 Å². The highest BCUT2D eigenvalue weighted by Crippen LogP contribution is 2.14. The van der Waals surface area contributed by atoms with Gasteiger partial charge in [0.05, 0.1) is 12.5 Å². The van der Waals surface area contributed by atoms with E-state index in [1.54, 1.807) is 18.4 Å². The van der Waals surface area contributed by atoms with Crippen LogP contribution in [0.15, 0.2) is 41.3 Å². The molecule has 0 amide bonds. The van der Waals surface area contributed by atoms with Crippen LogP contribution < -0.4 is 4.74 Å². The highest BCUT2D eigenvalue weighted by Gasteiger charge is 2.03. The summed E-state index contributed by atoms with van der Waals surface area (Å²) >= 11 is 0. The summed E-state index contributed by atoms with van der Waals surface area (Å²) in [7, 11) is 0. The zero-order valence-corrected chi connectivity index (χ0v) is 7.31. The number of nitrogens with zero attached hydrogens (tertiary/aromatic N) is 1. The number of furan rings is 1. The molecule has 2 aromatic heterocycles. The summed E-state index contributed by atoms with van der Waals surface area (Å²) in [6, 6.07) is 4.91. The van der Waals surface area contributed by atoms with E-state index in [9.17, 15) is 4.39 Å². The lowest BCUT2D eigenvalue weighted by atomic mass is 10.4. The lowest BCUT2D eigenvalue weighted by Gasteiger charge is -2.03. The SMILES string of the molecule is Fc1ncccc1OCc1ccoc1. The van der Waals surface area contributed by atoms with Crippen LogP contribution in [0, 0.1) is 5.95 Å². The predicted octanol–water partition coefficient (Wildman–Crippen LogP) is 2.39. The Morgan fingerprint density at radius 2 is 2.36 bits per heavy atom. The largest absolute Gasteiger partial charge is 0.484 e. The molecule has 2 heterocycles. The molecule has 0 aromatic carbocycles. The molecule has 2 aromatic rings. The Bertz CT molecular complexity index is 400. The fourth-order valence-corrected chi connectivity index (χ4v) is 1.01. The van der Waals surface area contributed by atoms with E-state index in [2.05, 4.69) is 4.98 Å². The van der Waals surface area contributed by atoms with Gasteiger partial charge in [-0.2, -0.15) is 4.39 Å². The van der Waals surface area contributed by atoms with Crippen molar-refractivity contribution in [3.63, 3.8) is 0 Å². The van der Waals surface area contributed by atoms with Crippen LogP contribution in [0.1, 0.15) is 5.56 Å². The zero-order chi connectivity index (χ0) is 9.80. The number of halogens is 1. The summed E-state index contributed by atoms with van der Waals surface area (Å²) in [6.45, 7) is 0.277. The first-order valence-electron chi connectivity index (χ1n) is 4.10. The molecule has 0 bridgehead atoms. The van der Waals surface area contributed by atoms with Crippen molar-refractivity contribution in [1.29, 1.82) is 0 Å². The van der Waals surface area contributed by atoms with E-state index < -0.39 is 5.95 Å². The Kier molecular flexibility index (Phi) is 2.44. The van der Waals surface area contributed by atoms with E-state index in [4.69, 9.17) is 9.15 Å². The Morgan fingerprint density at radius 3 is 3.07 bits per heavy atom. The highest BCUT2D eigenvalue weighted by atomic mass is 19.1. The molecule has 0 N–H and O–H groups in total. The smallest absolute Gasteiger partial charge is 0.255 e. The van der Waals surface area contributed by atoms with E-state index >= 15 is 0 Å². The Balaban J connectivity index is 2.02. The quantitative estimate of drug-likeness (QED) is 0.702. The first-order valence-corrected chi connectivity index (χ1v) is 4.10. The number of pyridine rings is 1. The van der Waals surface area contributed by atoms with E-state index in [1.165, 1.54) is 18.5 Å². The van der Waals surface area contributed by atoms with E-state index in [0.717, 1.165) is 5.56 Å². The molecule has 3 nitrogen and oxygen atoms in total. The van der Waals surface area contributed by atoms with Crippen LogP contribution in [0.5, 0.6) is 5.75 Å². The summed E-state index contributed by atoms with van der Waals surface area (Å²) in [5.74, 6) is -0.454. The minimum absolute atomic E-state index is 0.147. The maximum atomic E-state index is 13.0. The number of hydrogen-bond donors (Lipinski definition) is 0.